The van der Waals surface area contributed by atoms with Gasteiger partial charge in [-0.25, -0.2) is 0 Å². The average Bonchev–Trinajstić information content (AvgIpc) is 2.73. The number of piperazine rings is 1. The first-order valence-corrected chi connectivity index (χ1v) is 9.28. The Morgan fingerprint density at radius 1 is 1.11 bits per heavy atom. The molecule has 0 radical (unpaired) electrons. The zero-order valence-electron chi connectivity index (χ0n) is 16.3. The highest BCUT2D eigenvalue weighted by molar-refractivity contribution is 5.81. The molecule has 2 aliphatic heterocycles. The van der Waals surface area contributed by atoms with E-state index < -0.39 is 0 Å². The maximum atomic E-state index is 12.6. The Bertz CT molecular complexity index is 615. The maximum absolute atomic E-state index is 12.6. The molecule has 150 valence electrons. The first-order valence-electron chi connectivity index (χ1n) is 9.28. The Morgan fingerprint density at radius 2 is 1.78 bits per heavy atom. The van der Waals surface area contributed by atoms with E-state index in [1.807, 2.05) is 17.0 Å². The quantitative estimate of drug-likeness (QED) is 0.764. The summed E-state index contributed by atoms with van der Waals surface area (Å²) in [5, 5.41) is 3.21. The molecule has 2 aliphatic rings. The third-order valence-electron chi connectivity index (χ3n) is 5.02. The van der Waals surface area contributed by atoms with Crippen LogP contribution in [-0.4, -0.2) is 89.0 Å². The Balaban J connectivity index is 1.58. The van der Waals surface area contributed by atoms with Crippen molar-refractivity contribution in [3.8, 4) is 17.2 Å². The second-order valence-corrected chi connectivity index (χ2v) is 6.70. The van der Waals surface area contributed by atoms with Gasteiger partial charge in [0.2, 0.25) is 5.75 Å². The van der Waals surface area contributed by atoms with Crippen molar-refractivity contribution in [1.82, 2.24) is 15.1 Å². The lowest BCUT2D eigenvalue weighted by atomic mass is 10.1. The average molecular weight is 379 g/mol. The number of carbonyl (C=O) groups is 1. The molecule has 1 unspecified atom stereocenters. The predicted molar refractivity (Wildman–Crippen MR) is 101 cm³/mol. The number of ether oxygens (including phenoxy) is 4. The van der Waals surface area contributed by atoms with E-state index in [1.54, 1.807) is 21.3 Å². The highest BCUT2D eigenvalue weighted by atomic mass is 16.5. The number of methoxy groups -OCH3 is 3. The number of benzene rings is 1. The first-order chi connectivity index (χ1) is 13.2. The molecular weight excluding hydrogens is 350 g/mol. The lowest BCUT2D eigenvalue weighted by Crippen LogP contribution is -2.54. The molecule has 1 aromatic carbocycles. The van der Waals surface area contributed by atoms with Crippen LogP contribution in [0, 0.1) is 0 Å². The molecule has 0 bridgehead atoms. The number of carbonyl (C=O) groups excluding carboxylic acids is 1. The van der Waals surface area contributed by atoms with Gasteiger partial charge in [-0.1, -0.05) is 0 Å². The van der Waals surface area contributed by atoms with Crippen LogP contribution >= 0.6 is 0 Å². The molecule has 0 aliphatic carbocycles. The summed E-state index contributed by atoms with van der Waals surface area (Å²) >= 11 is 0. The van der Waals surface area contributed by atoms with Crippen molar-refractivity contribution < 1.29 is 23.7 Å². The molecule has 2 heterocycles. The normalized spacial score (nSPS) is 21.0. The van der Waals surface area contributed by atoms with Crippen molar-refractivity contribution in [2.45, 2.75) is 12.6 Å². The van der Waals surface area contributed by atoms with Crippen molar-refractivity contribution in [1.29, 1.82) is 0 Å². The standard InChI is InChI=1S/C19H29N3O5/c1-24-15-10-14(11-16(25-2)18(15)26-3)13-21-5-7-22(8-6-21)19(23)17-12-20-4-9-27-17/h10-11,17,20H,4-9,12-13H2,1-3H3. The van der Waals surface area contributed by atoms with Crippen LogP contribution in [-0.2, 0) is 16.1 Å². The molecule has 8 nitrogen and oxygen atoms in total. The smallest absolute Gasteiger partial charge is 0.253 e. The number of rotatable bonds is 6. The van der Waals surface area contributed by atoms with E-state index in [4.69, 9.17) is 18.9 Å². The van der Waals surface area contributed by atoms with E-state index in [0.29, 0.717) is 43.5 Å². The minimum atomic E-state index is -0.347. The SMILES string of the molecule is COc1cc(CN2CCN(C(=O)C3CNCCO3)CC2)cc(OC)c1OC. The molecule has 3 rings (SSSR count). The third kappa shape index (κ3) is 4.63. The van der Waals surface area contributed by atoms with Crippen LogP contribution in [0.4, 0.5) is 0 Å². The van der Waals surface area contributed by atoms with E-state index in [2.05, 4.69) is 10.2 Å². The van der Waals surface area contributed by atoms with Crippen LogP contribution < -0.4 is 19.5 Å². The van der Waals surface area contributed by atoms with Gasteiger partial charge in [-0.3, -0.25) is 9.69 Å². The molecule has 1 amide bonds. The maximum Gasteiger partial charge on any atom is 0.253 e. The Hall–Kier alpha value is -2.03. The van der Waals surface area contributed by atoms with Crippen LogP contribution in [0.2, 0.25) is 0 Å². The number of amides is 1. The largest absolute Gasteiger partial charge is 0.493 e. The molecule has 1 aromatic rings. The highest BCUT2D eigenvalue weighted by Crippen LogP contribution is 2.38. The summed E-state index contributed by atoms with van der Waals surface area (Å²) in [7, 11) is 4.84. The van der Waals surface area contributed by atoms with Crippen molar-refractivity contribution in [2.75, 3.05) is 67.2 Å². The van der Waals surface area contributed by atoms with E-state index in [9.17, 15) is 4.79 Å². The molecule has 0 spiro atoms. The highest BCUT2D eigenvalue weighted by Gasteiger charge is 2.29. The van der Waals surface area contributed by atoms with Crippen LogP contribution in [0.15, 0.2) is 12.1 Å². The second-order valence-electron chi connectivity index (χ2n) is 6.70. The van der Waals surface area contributed by atoms with Gasteiger partial charge in [0, 0.05) is 45.8 Å². The minimum Gasteiger partial charge on any atom is -0.493 e. The minimum absolute atomic E-state index is 0.0923. The van der Waals surface area contributed by atoms with E-state index in [-0.39, 0.29) is 12.0 Å². The molecule has 1 N–H and O–H groups in total. The zero-order chi connectivity index (χ0) is 19.2. The van der Waals surface area contributed by atoms with Crippen LogP contribution in [0.5, 0.6) is 17.2 Å². The van der Waals surface area contributed by atoms with Gasteiger partial charge in [0.25, 0.3) is 5.91 Å². The van der Waals surface area contributed by atoms with Gasteiger partial charge in [0.1, 0.15) is 6.10 Å². The molecule has 27 heavy (non-hydrogen) atoms. The summed E-state index contributed by atoms with van der Waals surface area (Å²) in [5.74, 6) is 2.00. The topological polar surface area (TPSA) is 72.5 Å². The summed E-state index contributed by atoms with van der Waals surface area (Å²) in [6.45, 7) is 5.84. The summed E-state index contributed by atoms with van der Waals surface area (Å²) in [5.41, 5.74) is 1.09. The molecule has 8 heteroatoms. The molecule has 2 fully saturated rings. The molecule has 1 atom stereocenters. The number of morpholine rings is 1. The van der Waals surface area contributed by atoms with E-state index >= 15 is 0 Å². The number of hydrogen-bond acceptors (Lipinski definition) is 7. The molecule has 2 saturated heterocycles. The van der Waals surface area contributed by atoms with Crippen molar-refractivity contribution in [3.63, 3.8) is 0 Å². The Morgan fingerprint density at radius 3 is 2.30 bits per heavy atom. The summed E-state index contributed by atoms with van der Waals surface area (Å²) in [6.07, 6.45) is -0.347. The van der Waals surface area contributed by atoms with Crippen LogP contribution in [0.25, 0.3) is 0 Å². The second kappa shape index (κ2) is 9.25. The van der Waals surface area contributed by atoms with Crippen LogP contribution in [0.3, 0.4) is 0 Å². The first kappa shape index (κ1) is 19.7. The number of nitrogens with one attached hydrogen (secondary N) is 1. The van der Waals surface area contributed by atoms with Crippen LogP contribution in [0.1, 0.15) is 5.56 Å². The fourth-order valence-corrected chi connectivity index (χ4v) is 3.54. The van der Waals surface area contributed by atoms with Gasteiger partial charge >= 0.3 is 0 Å². The predicted octanol–water partition coefficient (Wildman–Crippen LogP) is 0.345. The lowest BCUT2D eigenvalue weighted by molar-refractivity contribution is -0.147. The van der Waals surface area contributed by atoms with Gasteiger partial charge in [0.05, 0.1) is 27.9 Å². The number of hydrogen-bond donors (Lipinski definition) is 1. The lowest BCUT2D eigenvalue weighted by Gasteiger charge is -2.37. The zero-order valence-corrected chi connectivity index (χ0v) is 16.3. The van der Waals surface area contributed by atoms with Gasteiger partial charge in [-0.05, 0) is 17.7 Å². The summed E-state index contributed by atoms with van der Waals surface area (Å²) < 4.78 is 21.8. The third-order valence-corrected chi connectivity index (χ3v) is 5.02. The van der Waals surface area contributed by atoms with E-state index in [1.165, 1.54) is 0 Å². The molecule has 0 saturated carbocycles. The fourth-order valence-electron chi connectivity index (χ4n) is 3.54. The fraction of sp³-hybridized carbons (Fsp3) is 0.632. The van der Waals surface area contributed by atoms with Crippen molar-refractivity contribution >= 4 is 5.91 Å². The van der Waals surface area contributed by atoms with Crippen molar-refractivity contribution in [2.24, 2.45) is 0 Å². The van der Waals surface area contributed by atoms with E-state index in [0.717, 1.165) is 31.7 Å². The molecule has 0 aromatic heterocycles. The monoisotopic (exact) mass is 379 g/mol. The molecular formula is C19H29N3O5. The van der Waals surface area contributed by atoms with Gasteiger partial charge in [-0.15, -0.1) is 0 Å². The number of nitrogens with zero attached hydrogens (tertiary/aromatic N) is 2. The van der Waals surface area contributed by atoms with Crippen molar-refractivity contribution in [3.05, 3.63) is 17.7 Å². The van der Waals surface area contributed by atoms with Gasteiger partial charge in [-0.2, -0.15) is 0 Å². The van der Waals surface area contributed by atoms with Gasteiger partial charge < -0.3 is 29.2 Å². The Labute approximate surface area is 160 Å². The van der Waals surface area contributed by atoms with Gasteiger partial charge in [0.15, 0.2) is 11.5 Å². The summed E-state index contributed by atoms with van der Waals surface area (Å²) in [6, 6.07) is 3.95. The Kier molecular flexibility index (Phi) is 6.76. The summed E-state index contributed by atoms with van der Waals surface area (Å²) in [4.78, 5) is 16.8.